The largest absolute Gasteiger partial charge is 0.506 e. The summed E-state index contributed by atoms with van der Waals surface area (Å²) in [5.41, 5.74) is 1.08. The number of benzene rings is 1. The molecule has 2 atom stereocenters. The Morgan fingerprint density at radius 2 is 2.08 bits per heavy atom. The first-order valence-corrected chi connectivity index (χ1v) is 9.57. The maximum atomic E-state index is 11.1. The third-order valence-electron chi connectivity index (χ3n) is 4.56. The number of aromatic hydroxyl groups is 1. The SMILES string of the molecule is O=C(O)N1CCCC(Cc2ccc(N3CC(O)NS3(O)O)c(O)c2)C1. The zero-order valence-corrected chi connectivity index (χ0v) is 14.4. The molecule has 0 aliphatic carbocycles. The van der Waals surface area contributed by atoms with E-state index in [1.165, 1.54) is 4.90 Å². The number of carbonyl (C=O) groups is 1. The molecule has 0 saturated carbocycles. The van der Waals surface area contributed by atoms with E-state index in [1.54, 1.807) is 18.2 Å². The molecular formula is C15H23N3O6S. The number of hydrogen-bond donors (Lipinski definition) is 6. The van der Waals surface area contributed by atoms with Crippen molar-refractivity contribution >= 4 is 22.7 Å². The number of likely N-dealkylation sites (tertiary alicyclic amines) is 1. The number of amides is 1. The third kappa shape index (κ3) is 3.93. The molecule has 2 aliphatic rings. The van der Waals surface area contributed by atoms with Gasteiger partial charge in [0.15, 0.2) is 0 Å². The summed E-state index contributed by atoms with van der Waals surface area (Å²) in [5, 5.41) is 28.9. The summed E-state index contributed by atoms with van der Waals surface area (Å²) < 4.78 is 23.3. The van der Waals surface area contributed by atoms with E-state index >= 15 is 0 Å². The molecule has 0 spiro atoms. The number of aliphatic hydroxyl groups excluding tert-OH is 1. The van der Waals surface area contributed by atoms with Crippen LogP contribution in [0, 0.1) is 5.92 Å². The molecule has 2 unspecified atom stereocenters. The van der Waals surface area contributed by atoms with Crippen LogP contribution in [0.25, 0.3) is 0 Å². The summed E-state index contributed by atoms with van der Waals surface area (Å²) in [6.45, 7) is 0.976. The van der Waals surface area contributed by atoms with Crippen LogP contribution >= 0.6 is 11.0 Å². The molecule has 2 saturated heterocycles. The normalized spacial score (nSPS) is 27.3. The molecule has 2 heterocycles. The van der Waals surface area contributed by atoms with Gasteiger partial charge in [0, 0.05) is 13.1 Å². The third-order valence-corrected chi connectivity index (χ3v) is 6.11. The Labute approximate surface area is 147 Å². The van der Waals surface area contributed by atoms with E-state index in [0.29, 0.717) is 19.5 Å². The Kier molecular flexibility index (Phi) is 4.98. The van der Waals surface area contributed by atoms with Crippen molar-refractivity contribution < 1.29 is 29.2 Å². The maximum Gasteiger partial charge on any atom is 0.407 e. The van der Waals surface area contributed by atoms with Crippen LogP contribution in [0.15, 0.2) is 18.2 Å². The lowest BCUT2D eigenvalue weighted by Gasteiger charge is -2.37. The molecule has 1 aromatic carbocycles. The van der Waals surface area contributed by atoms with Gasteiger partial charge < -0.3 is 20.2 Å². The first kappa shape index (κ1) is 18.1. The van der Waals surface area contributed by atoms with Crippen molar-refractivity contribution in [3.8, 4) is 5.75 Å². The number of rotatable bonds is 3. The lowest BCUT2D eigenvalue weighted by Crippen LogP contribution is -2.39. The van der Waals surface area contributed by atoms with E-state index in [-0.39, 0.29) is 23.9 Å². The number of phenolic OH excluding ortho intramolecular Hbond substituents is 1. The van der Waals surface area contributed by atoms with Gasteiger partial charge in [0.2, 0.25) is 0 Å². The van der Waals surface area contributed by atoms with Crippen LogP contribution in [-0.4, -0.2) is 61.3 Å². The van der Waals surface area contributed by atoms with Crippen molar-refractivity contribution in [2.24, 2.45) is 5.92 Å². The minimum absolute atomic E-state index is 0.0502. The highest BCUT2D eigenvalue weighted by Crippen LogP contribution is 2.49. The predicted molar refractivity (Wildman–Crippen MR) is 93.5 cm³/mol. The van der Waals surface area contributed by atoms with Gasteiger partial charge in [-0.15, -0.1) is 0 Å². The van der Waals surface area contributed by atoms with E-state index in [2.05, 4.69) is 4.72 Å². The number of carboxylic acid groups (broad SMARTS) is 1. The Bertz CT molecular complexity index is 658. The molecular weight excluding hydrogens is 350 g/mol. The van der Waals surface area contributed by atoms with Gasteiger partial charge in [0.1, 0.15) is 17.7 Å². The number of aliphatic hydroxyl groups is 1. The van der Waals surface area contributed by atoms with Gasteiger partial charge in [-0.3, -0.25) is 13.4 Å². The Balaban J connectivity index is 1.71. The standard InChI is InChI=1S/C15H23N3O6S/c19-13-7-10(6-11-2-1-5-17(8-11)15(21)22)3-4-12(13)18-9-14(20)16-25(18,23)24/h3-4,7,11,14,16,19-20,23-24H,1-2,5-6,8-9H2,(H,21,22). The van der Waals surface area contributed by atoms with Crippen molar-refractivity contribution in [1.29, 1.82) is 0 Å². The summed E-state index contributed by atoms with van der Waals surface area (Å²) in [5.74, 6) is 0.0741. The summed E-state index contributed by atoms with van der Waals surface area (Å²) in [7, 11) is -3.37. The quantitative estimate of drug-likeness (QED) is 0.470. The smallest absolute Gasteiger partial charge is 0.407 e. The number of hydrogen-bond acceptors (Lipinski definition) is 7. The second-order valence-corrected chi connectivity index (χ2v) is 8.19. The zero-order chi connectivity index (χ0) is 18.2. The van der Waals surface area contributed by atoms with Crippen LogP contribution in [0.2, 0.25) is 0 Å². The predicted octanol–water partition coefficient (Wildman–Crippen LogP) is 1.63. The second kappa shape index (κ2) is 6.89. The fraction of sp³-hybridized carbons (Fsp3) is 0.533. The lowest BCUT2D eigenvalue weighted by atomic mass is 9.91. The highest BCUT2D eigenvalue weighted by molar-refractivity contribution is 8.24. The fourth-order valence-electron chi connectivity index (χ4n) is 3.43. The van der Waals surface area contributed by atoms with Gasteiger partial charge in [0.25, 0.3) is 0 Å². The Morgan fingerprint density at radius 3 is 2.68 bits per heavy atom. The zero-order valence-electron chi connectivity index (χ0n) is 13.6. The summed E-state index contributed by atoms with van der Waals surface area (Å²) >= 11 is 0. The van der Waals surface area contributed by atoms with Crippen LogP contribution < -0.4 is 9.03 Å². The highest BCUT2D eigenvalue weighted by Gasteiger charge is 2.36. The van der Waals surface area contributed by atoms with Crippen LogP contribution in [0.4, 0.5) is 10.5 Å². The van der Waals surface area contributed by atoms with Gasteiger partial charge in [-0.05, 0) is 42.9 Å². The first-order chi connectivity index (χ1) is 11.8. The number of nitrogens with zero attached hydrogens (tertiary/aromatic N) is 2. The van der Waals surface area contributed by atoms with Gasteiger partial charge in [-0.2, -0.15) is 4.72 Å². The van der Waals surface area contributed by atoms with Crippen LogP contribution in [0.3, 0.4) is 0 Å². The van der Waals surface area contributed by atoms with Crippen LogP contribution in [0.5, 0.6) is 5.75 Å². The summed E-state index contributed by atoms with van der Waals surface area (Å²) in [6.07, 6.45) is 0.379. The minimum Gasteiger partial charge on any atom is -0.506 e. The van der Waals surface area contributed by atoms with Gasteiger partial charge in [-0.25, -0.2) is 4.79 Å². The average molecular weight is 373 g/mol. The number of β-amino-alcohol motifs (C(OH)–C–C–N with tert-alkyl or cyclic N) is 1. The van der Waals surface area contributed by atoms with Crippen molar-refractivity contribution in [2.75, 3.05) is 23.9 Å². The molecule has 6 N–H and O–H groups in total. The Hall–Kier alpha value is -1.72. The van der Waals surface area contributed by atoms with Gasteiger partial charge in [0.05, 0.1) is 6.54 Å². The molecule has 140 valence electrons. The number of piperidine rings is 1. The molecule has 0 aromatic heterocycles. The number of anilines is 1. The molecule has 25 heavy (non-hydrogen) atoms. The molecule has 2 fully saturated rings. The summed E-state index contributed by atoms with van der Waals surface area (Å²) in [4.78, 5) is 12.5. The monoisotopic (exact) mass is 373 g/mol. The van der Waals surface area contributed by atoms with Crippen LogP contribution in [-0.2, 0) is 6.42 Å². The lowest BCUT2D eigenvalue weighted by molar-refractivity contribution is 0.120. The highest BCUT2D eigenvalue weighted by atomic mass is 32.3. The summed E-state index contributed by atoms with van der Waals surface area (Å²) in [6, 6.07) is 4.90. The number of nitrogens with one attached hydrogen (secondary N) is 1. The molecule has 0 bridgehead atoms. The topological polar surface area (TPSA) is 137 Å². The molecule has 1 aromatic rings. The van der Waals surface area contributed by atoms with Gasteiger partial charge >= 0.3 is 6.09 Å². The van der Waals surface area contributed by atoms with E-state index in [9.17, 15) is 24.1 Å². The van der Waals surface area contributed by atoms with Crippen molar-refractivity contribution in [1.82, 2.24) is 9.62 Å². The molecule has 0 radical (unpaired) electrons. The molecule has 3 rings (SSSR count). The minimum atomic E-state index is -3.37. The van der Waals surface area contributed by atoms with Gasteiger partial charge in [-0.1, -0.05) is 17.0 Å². The fourth-order valence-corrected chi connectivity index (χ4v) is 4.77. The van der Waals surface area contributed by atoms with Crippen molar-refractivity contribution in [3.63, 3.8) is 0 Å². The van der Waals surface area contributed by atoms with E-state index in [4.69, 9.17) is 5.11 Å². The number of phenols is 1. The van der Waals surface area contributed by atoms with E-state index in [1.807, 2.05) is 0 Å². The van der Waals surface area contributed by atoms with E-state index in [0.717, 1.165) is 22.7 Å². The average Bonchev–Trinajstić information content (AvgIpc) is 2.80. The second-order valence-electron chi connectivity index (χ2n) is 6.48. The maximum absolute atomic E-state index is 11.1. The van der Waals surface area contributed by atoms with Crippen molar-refractivity contribution in [2.45, 2.75) is 25.5 Å². The first-order valence-electron chi connectivity index (χ1n) is 8.07. The van der Waals surface area contributed by atoms with Crippen molar-refractivity contribution in [3.05, 3.63) is 23.8 Å². The molecule has 1 amide bonds. The molecule has 9 nitrogen and oxygen atoms in total. The Morgan fingerprint density at radius 1 is 1.32 bits per heavy atom. The molecule has 2 aliphatic heterocycles. The van der Waals surface area contributed by atoms with Crippen LogP contribution in [0.1, 0.15) is 18.4 Å². The van der Waals surface area contributed by atoms with E-state index < -0.39 is 23.3 Å². The molecule has 10 heteroatoms.